The largest absolute Gasteiger partial charge is 0.497 e. The van der Waals surface area contributed by atoms with Gasteiger partial charge >= 0.3 is 0 Å². The molecule has 156 valence electrons. The van der Waals surface area contributed by atoms with Crippen molar-refractivity contribution in [2.24, 2.45) is 0 Å². The fraction of sp³-hybridized carbons (Fsp3) is 0.636. The Bertz CT molecular complexity index is 620. The Balaban J connectivity index is 1.76. The molecule has 1 heterocycles. The zero-order valence-electron chi connectivity index (χ0n) is 17.6. The standard InChI is InChI=1S/C22H34N2O4/c1-17-15-23(16-18(2)24(17)13-6-14-27-3)22(26)8-5-7-21(25)19-9-11-20(28-4)12-10-19/h9-12,17-18H,5-8,13-16H2,1-4H3. The van der Waals surface area contributed by atoms with Gasteiger partial charge in [0.2, 0.25) is 5.91 Å². The summed E-state index contributed by atoms with van der Waals surface area (Å²) in [4.78, 5) is 29.3. The fourth-order valence-electron chi connectivity index (χ4n) is 3.87. The third kappa shape index (κ3) is 6.31. The van der Waals surface area contributed by atoms with Gasteiger partial charge in [0.05, 0.1) is 7.11 Å². The van der Waals surface area contributed by atoms with E-state index in [0.29, 0.717) is 36.9 Å². The number of carbonyl (C=O) groups is 2. The lowest BCUT2D eigenvalue weighted by atomic mass is 10.0. The van der Waals surface area contributed by atoms with Crippen LogP contribution >= 0.6 is 0 Å². The molecule has 0 radical (unpaired) electrons. The lowest BCUT2D eigenvalue weighted by molar-refractivity contribution is -0.135. The van der Waals surface area contributed by atoms with E-state index in [4.69, 9.17) is 9.47 Å². The molecule has 6 nitrogen and oxygen atoms in total. The number of ketones is 1. The van der Waals surface area contributed by atoms with Crippen molar-refractivity contribution in [2.45, 2.75) is 51.6 Å². The summed E-state index contributed by atoms with van der Waals surface area (Å²) >= 11 is 0. The summed E-state index contributed by atoms with van der Waals surface area (Å²) in [5.74, 6) is 0.953. The van der Waals surface area contributed by atoms with Crippen molar-refractivity contribution in [3.8, 4) is 5.75 Å². The lowest BCUT2D eigenvalue weighted by Gasteiger charge is -2.44. The Morgan fingerprint density at radius 1 is 1.00 bits per heavy atom. The molecule has 1 amide bonds. The highest BCUT2D eigenvalue weighted by Gasteiger charge is 2.31. The Morgan fingerprint density at radius 3 is 2.21 bits per heavy atom. The molecule has 6 heteroatoms. The van der Waals surface area contributed by atoms with E-state index in [1.807, 2.05) is 4.90 Å². The number of carbonyl (C=O) groups excluding carboxylic acids is 2. The quantitative estimate of drug-likeness (QED) is 0.454. The fourth-order valence-corrected chi connectivity index (χ4v) is 3.87. The highest BCUT2D eigenvalue weighted by atomic mass is 16.5. The lowest BCUT2D eigenvalue weighted by Crippen LogP contribution is -2.58. The zero-order chi connectivity index (χ0) is 20.5. The summed E-state index contributed by atoms with van der Waals surface area (Å²) in [5.41, 5.74) is 0.667. The van der Waals surface area contributed by atoms with Gasteiger partial charge in [-0.3, -0.25) is 14.5 Å². The molecule has 2 atom stereocenters. The Kier molecular flexibility index (Phi) is 8.93. The predicted molar refractivity (Wildman–Crippen MR) is 110 cm³/mol. The van der Waals surface area contributed by atoms with Gasteiger partial charge < -0.3 is 14.4 Å². The smallest absolute Gasteiger partial charge is 0.222 e. The first kappa shape index (κ1) is 22.4. The van der Waals surface area contributed by atoms with Crippen LogP contribution in [-0.2, 0) is 9.53 Å². The Morgan fingerprint density at radius 2 is 1.64 bits per heavy atom. The average molecular weight is 391 g/mol. The van der Waals surface area contributed by atoms with Crippen LogP contribution in [0.2, 0.25) is 0 Å². The van der Waals surface area contributed by atoms with Crippen LogP contribution in [0.25, 0.3) is 0 Å². The summed E-state index contributed by atoms with van der Waals surface area (Å²) in [6.45, 7) is 7.62. The summed E-state index contributed by atoms with van der Waals surface area (Å²) in [5, 5.41) is 0. The van der Waals surface area contributed by atoms with Crippen LogP contribution in [0.5, 0.6) is 5.75 Å². The van der Waals surface area contributed by atoms with E-state index < -0.39 is 0 Å². The second kappa shape index (κ2) is 11.2. The summed E-state index contributed by atoms with van der Waals surface area (Å²) in [6.07, 6.45) is 2.40. The molecule has 0 saturated carbocycles. The number of methoxy groups -OCH3 is 2. The van der Waals surface area contributed by atoms with Crippen LogP contribution < -0.4 is 4.74 Å². The zero-order valence-corrected chi connectivity index (χ0v) is 17.6. The van der Waals surface area contributed by atoms with E-state index >= 15 is 0 Å². The Hall–Kier alpha value is -1.92. The summed E-state index contributed by atoms with van der Waals surface area (Å²) < 4.78 is 10.3. The number of ether oxygens (including phenoxy) is 2. The van der Waals surface area contributed by atoms with E-state index in [0.717, 1.165) is 38.4 Å². The van der Waals surface area contributed by atoms with Crippen molar-refractivity contribution in [1.29, 1.82) is 0 Å². The van der Waals surface area contributed by atoms with Crippen LogP contribution in [-0.4, -0.2) is 74.0 Å². The molecule has 0 spiro atoms. The molecular weight excluding hydrogens is 356 g/mol. The molecule has 0 aromatic heterocycles. The van der Waals surface area contributed by atoms with Crippen LogP contribution in [0.4, 0.5) is 0 Å². The normalized spacial score (nSPS) is 20.2. The van der Waals surface area contributed by atoms with Gasteiger partial charge in [-0.15, -0.1) is 0 Å². The van der Waals surface area contributed by atoms with Crippen molar-refractivity contribution < 1.29 is 19.1 Å². The van der Waals surface area contributed by atoms with Crippen LogP contribution in [0.3, 0.4) is 0 Å². The molecule has 2 rings (SSSR count). The SMILES string of the molecule is COCCCN1C(C)CN(C(=O)CCCC(=O)c2ccc(OC)cc2)CC1C. The third-order valence-electron chi connectivity index (χ3n) is 5.43. The molecule has 0 N–H and O–H groups in total. The Labute approximate surface area is 168 Å². The van der Waals surface area contributed by atoms with Crippen LogP contribution in [0, 0.1) is 0 Å². The van der Waals surface area contributed by atoms with E-state index in [2.05, 4.69) is 18.7 Å². The average Bonchev–Trinajstić information content (AvgIpc) is 2.69. The van der Waals surface area contributed by atoms with E-state index in [9.17, 15) is 9.59 Å². The number of Topliss-reactive ketones (excluding diaryl/α,β-unsaturated/α-hetero) is 1. The molecule has 1 aromatic rings. The molecule has 1 saturated heterocycles. The summed E-state index contributed by atoms with van der Waals surface area (Å²) in [7, 11) is 3.33. The molecule has 1 aliphatic rings. The van der Waals surface area contributed by atoms with Gasteiger partial charge in [-0.1, -0.05) is 0 Å². The van der Waals surface area contributed by atoms with Crippen LogP contribution in [0.15, 0.2) is 24.3 Å². The minimum atomic E-state index is 0.0696. The van der Waals surface area contributed by atoms with Gasteiger partial charge in [-0.05, 0) is 51.0 Å². The van der Waals surface area contributed by atoms with E-state index in [1.165, 1.54) is 0 Å². The van der Waals surface area contributed by atoms with Gasteiger partial charge in [0.15, 0.2) is 5.78 Å². The number of piperazine rings is 1. The maximum Gasteiger partial charge on any atom is 0.222 e. The molecule has 1 aromatic carbocycles. The maximum absolute atomic E-state index is 12.6. The van der Waals surface area contributed by atoms with Gasteiger partial charge in [0, 0.05) is 63.8 Å². The topological polar surface area (TPSA) is 59.1 Å². The van der Waals surface area contributed by atoms with Gasteiger partial charge in [0.25, 0.3) is 0 Å². The number of rotatable bonds is 10. The number of benzene rings is 1. The predicted octanol–water partition coefficient (Wildman–Crippen LogP) is 3.01. The second-order valence-corrected chi connectivity index (χ2v) is 7.59. The molecule has 1 fully saturated rings. The first-order valence-corrected chi connectivity index (χ1v) is 10.2. The molecule has 0 bridgehead atoms. The highest BCUT2D eigenvalue weighted by molar-refractivity contribution is 5.96. The summed E-state index contributed by atoms with van der Waals surface area (Å²) in [6, 6.07) is 7.79. The third-order valence-corrected chi connectivity index (χ3v) is 5.43. The molecule has 28 heavy (non-hydrogen) atoms. The van der Waals surface area contributed by atoms with Crippen molar-refractivity contribution in [3.63, 3.8) is 0 Å². The van der Waals surface area contributed by atoms with Gasteiger partial charge in [-0.2, -0.15) is 0 Å². The number of nitrogens with zero attached hydrogens (tertiary/aromatic N) is 2. The van der Waals surface area contributed by atoms with E-state index in [1.54, 1.807) is 38.5 Å². The number of amides is 1. The number of hydrogen-bond acceptors (Lipinski definition) is 5. The van der Waals surface area contributed by atoms with Crippen molar-refractivity contribution in [2.75, 3.05) is 40.5 Å². The first-order chi connectivity index (χ1) is 13.5. The van der Waals surface area contributed by atoms with E-state index in [-0.39, 0.29) is 11.7 Å². The highest BCUT2D eigenvalue weighted by Crippen LogP contribution is 2.18. The van der Waals surface area contributed by atoms with Crippen LogP contribution in [0.1, 0.15) is 49.9 Å². The first-order valence-electron chi connectivity index (χ1n) is 10.2. The van der Waals surface area contributed by atoms with Gasteiger partial charge in [-0.25, -0.2) is 0 Å². The minimum absolute atomic E-state index is 0.0696. The van der Waals surface area contributed by atoms with Crippen molar-refractivity contribution >= 4 is 11.7 Å². The van der Waals surface area contributed by atoms with Crippen molar-refractivity contribution in [1.82, 2.24) is 9.80 Å². The monoisotopic (exact) mass is 390 g/mol. The van der Waals surface area contributed by atoms with Gasteiger partial charge in [0.1, 0.15) is 5.75 Å². The molecule has 2 unspecified atom stereocenters. The maximum atomic E-state index is 12.6. The number of hydrogen-bond donors (Lipinski definition) is 0. The second-order valence-electron chi connectivity index (χ2n) is 7.59. The van der Waals surface area contributed by atoms with Crippen molar-refractivity contribution in [3.05, 3.63) is 29.8 Å². The molecule has 1 aliphatic heterocycles. The minimum Gasteiger partial charge on any atom is -0.497 e. The molecule has 0 aliphatic carbocycles. The molecular formula is C22H34N2O4.